The molecule has 2 aromatic carbocycles. The summed E-state index contributed by atoms with van der Waals surface area (Å²) in [6.45, 7) is 1.66. The number of carbonyl (C=O) groups is 2. The summed E-state index contributed by atoms with van der Waals surface area (Å²) in [6, 6.07) is 9.09. The lowest BCUT2D eigenvalue weighted by molar-refractivity contribution is -0.384. The summed E-state index contributed by atoms with van der Waals surface area (Å²) >= 11 is 0. The van der Waals surface area contributed by atoms with Crippen LogP contribution in [0.3, 0.4) is 0 Å². The fourth-order valence-electron chi connectivity index (χ4n) is 3.99. The maximum atomic E-state index is 13.3. The Labute approximate surface area is 178 Å². The summed E-state index contributed by atoms with van der Waals surface area (Å²) < 4.78 is 16.1. The predicted octanol–water partition coefficient (Wildman–Crippen LogP) is 3.52. The number of esters is 1. The molecular weight excluding hydrogens is 404 g/mol. The van der Waals surface area contributed by atoms with Crippen molar-refractivity contribution in [3.8, 4) is 11.5 Å². The van der Waals surface area contributed by atoms with Crippen LogP contribution in [0, 0.1) is 10.1 Å². The minimum Gasteiger partial charge on any atom is -0.490 e. The molecule has 2 aliphatic heterocycles. The second-order valence-electron chi connectivity index (χ2n) is 7.43. The number of rotatable bonds is 4. The van der Waals surface area contributed by atoms with Crippen LogP contribution in [0.1, 0.15) is 51.6 Å². The Kier molecular flexibility index (Phi) is 5.75. The number of amides is 1. The van der Waals surface area contributed by atoms with Gasteiger partial charge in [0, 0.05) is 30.7 Å². The molecule has 162 valence electrons. The molecule has 0 bridgehead atoms. The first kappa shape index (κ1) is 20.6. The van der Waals surface area contributed by atoms with E-state index in [4.69, 9.17) is 9.47 Å². The zero-order chi connectivity index (χ0) is 22.0. The maximum Gasteiger partial charge on any atom is 0.338 e. The molecule has 0 radical (unpaired) electrons. The first-order chi connectivity index (χ1) is 15.0. The van der Waals surface area contributed by atoms with E-state index in [-0.39, 0.29) is 28.8 Å². The van der Waals surface area contributed by atoms with Crippen molar-refractivity contribution in [3.05, 3.63) is 63.2 Å². The largest absolute Gasteiger partial charge is 0.490 e. The minimum absolute atomic E-state index is 0.0358. The molecule has 0 N–H and O–H groups in total. The van der Waals surface area contributed by atoms with E-state index in [1.807, 2.05) is 18.2 Å². The summed E-state index contributed by atoms with van der Waals surface area (Å²) in [5.41, 5.74) is 0.619. The number of nitro benzene ring substituents is 1. The Bertz CT molecular complexity index is 1040. The molecule has 9 nitrogen and oxygen atoms in total. The molecule has 2 heterocycles. The van der Waals surface area contributed by atoms with Gasteiger partial charge in [0.1, 0.15) is 0 Å². The van der Waals surface area contributed by atoms with Gasteiger partial charge in [0.05, 0.1) is 36.9 Å². The maximum absolute atomic E-state index is 13.3. The molecule has 1 saturated heterocycles. The molecule has 0 aliphatic carbocycles. The SMILES string of the molecule is COC(=O)c1cc(C(=O)N2CCCC2c2ccc3c(c2)OCCCO3)cc([N+](=O)[O-])c1. The van der Waals surface area contributed by atoms with Crippen molar-refractivity contribution in [3.63, 3.8) is 0 Å². The predicted molar refractivity (Wildman–Crippen MR) is 109 cm³/mol. The number of hydrogen-bond donors (Lipinski definition) is 0. The molecular formula is C22H22N2O7. The van der Waals surface area contributed by atoms with Gasteiger partial charge in [-0.25, -0.2) is 4.79 Å². The lowest BCUT2D eigenvalue weighted by atomic mass is 10.0. The van der Waals surface area contributed by atoms with Gasteiger partial charge in [-0.05, 0) is 36.6 Å². The second-order valence-corrected chi connectivity index (χ2v) is 7.43. The third kappa shape index (κ3) is 4.16. The highest BCUT2D eigenvalue weighted by atomic mass is 16.6. The molecule has 0 saturated carbocycles. The van der Waals surface area contributed by atoms with Gasteiger partial charge in [-0.1, -0.05) is 6.07 Å². The van der Waals surface area contributed by atoms with E-state index in [1.54, 1.807) is 4.90 Å². The number of hydrogen-bond acceptors (Lipinski definition) is 7. The quantitative estimate of drug-likeness (QED) is 0.418. The van der Waals surface area contributed by atoms with Crippen LogP contribution in [0.5, 0.6) is 11.5 Å². The van der Waals surface area contributed by atoms with E-state index in [0.29, 0.717) is 31.3 Å². The van der Waals surface area contributed by atoms with Crippen molar-refractivity contribution in [2.75, 3.05) is 26.9 Å². The molecule has 1 amide bonds. The van der Waals surface area contributed by atoms with Crippen LogP contribution in [0.2, 0.25) is 0 Å². The fraction of sp³-hybridized carbons (Fsp3) is 0.364. The molecule has 0 spiro atoms. The minimum atomic E-state index is -0.737. The molecule has 31 heavy (non-hydrogen) atoms. The zero-order valence-corrected chi connectivity index (χ0v) is 17.0. The fourth-order valence-corrected chi connectivity index (χ4v) is 3.99. The van der Waals surface area contributed by atoms with Crippen LogP contribution >= 0.6 is 0 Å². The van der Waals surface area contributed by atoms with Crippen LogP contribution in [-0.4, -0.2) is 48.6 Å². The van der Waals surface area contributed by atoms with Gasteiger partial charge in [-0.2, -0.15) is 0 Å². The smallest absolute Gasteiger partial charge is 0.338 e. The molecule has 1 unspecified atom stereocenters. The van der Waals surface area contributed by atoms with Crippen LogP contribution in [0.4, 0.5) is 5.69 Å². The molecule has 1 atom stereocenters. The average Bonchev–Trinajstić information content (AvgIpc) is 3.16. The molecule has 0 aromatic heterocycles. The number of ether oxygens (including phenoxy) is 3. The van der Waals surface area contributed by atoms with Crippen molar-refractivity contribution >= 4 is 17.6 Å². The zero-order valence-electron chi connectivity index (χ0n) is 17.0. The highest BCUT2D eigenvalue weighted by molar-refractivity contribution is 5.99. The summed E-state index contributed by atoms with van der Waals surface area (Å²) in [7, 11) is 1.18. The van der Waals surface area contributed by atoms with E-state index < -0.39 is 10.9 Å². The van der Waals surface area contributed by atoms with E-state index in [2.05, 4.69) is 4.74 Å². The van der Waals surface area contributed by atoms with Gasteiger partial charge in [0.25, 0.3) is 11.6 Å². The van der Waals surface area contributed by atoms with E-state index in [0.717, 1.165) is 30.9 Å². The second kappa shape index (κ2) is 8.63. The Morgan fingerprint density at radius 2 is 1.81 bits per heavy atom. The number of non-ortho nitro benzene ring substituents is 1. The van der Waals surface area contributed by atoms with Crippen LogP contribution in [0.15, 0.2) is 36.4 Å². The van der Waals surface area contributed by atoms with Crippen molar-refractivity contribution < 1.29 is 28.7 Å². The standard InChI is InChI=1S/C22H22N2O7/c1-29-22(26)16-10-15(11-17(12-16)24(27)28)21(25)23-7-2-4-18(23)14-5-6-19-20(13-14)31-9-3-8-30-19/h5-6,10-13,18H,2-4,7-9H2,1H3. The van der Waals surface area contributed by atoms with Gasteiger partial charge in [0.15, 0.2) is 11.5 Å². The average molecular weight is 426 g/mol. The molecule has 4 rings (SSSR count). The molecule has 2 aromatic rings. The van der Waals surface area contributed by atoms with Crippen LogP contribution in [0.25, 0.3) is 0 Å². The topological polar surface area (TPSA) is 108 Å². The number of fused-ring (bicyclic) bond motifs is 1. The number of nitrogens with zero attached hydrogens (tertiary/aromatic N) is 2. The van der Waals surface area contributed by atoms with Crippen molar-refractivity contribution in [1.29, 1.82) is 0 Å². The first-order valence-electron chi connectivity index (χ1n) is 10.1. The Balaban J connectivity index is 1.65. The van der Waals surface area contributed by atoms with Crippen molar-refractivity contribution in [1.82, 2.24) is 4.90 Å². The van der Waals surface area contributed by atoms with E-state index in [9.17, 15) is 19.7 Å². The van der Waals surface area contributed by atoms with Gasteiger partial charge < -0.3 is 19.1 Å². The molecule has 1 fully saturated rings. The highest BCUT2D eigenvalue weighted by Gasteiger charge is 2.32. The Morgan fingerprint density at radius 3 is 2.55 bits per heavy atom. The number of benzene rings is 2. The van der Waals surface area contributed by atoms with E-state index >= 15 is 0 Å². The van der Waals surface area contributed by atoms with Crippen LogP contribution in [-0.2, 0) is 4.74 Å². The third-order valence-electron chi connectivity index (χ3n) is 5.47. The first-order valence-corrected chi connectivity index (χ1v) is 10.1. The molecule has 2 aliphatic rings. The van der Waals surface area contributed by atoms with Gasteiger partial charge in [-0.3, -0.25) is 14.9 Å². The summed E-state index contributed by atoms with van der Waals surface area (Å²) in [5.74, 6) is 0.221. The lowest BCUT2D eigenvalue weighted by Gasteiger charge is -2.26. The monoisotopic (exact) mass is 426 g/mol. The summed E-state index contributed by atoms with van der Waals surface area (Å²) in [5, 5.41) is 11.3. The Morgan fingerprint density at radius 1 is 1.06 bits per heavy atom. The van der Waals surface area contributed by atoms with Gasteiger partial charge in [-0.15, -0.1) is 0 Å². The van der Waals surface area contributed by atoms with Gasteiger partial charge >= 0.3 is 5.97 Å². The number of carbonyl (C=O) groups excluding carboxylic acids is 2. The number of methoxy groups -OCH3 is 1. The molecule has 9 heteroatoms. The summed E-state index contributed by atoms with van der Waals surface area (Å²) in [4.78, 5) is 37.6. The number of likely N-dealkylation sites (tertiary alicyclic amines) is 1. The van der Waals surface area contributed by atoms with Crippen molar-refractivity contribution in [2.45, 2.75) is 25.3 Å². The van der Waals surface area contributed by atoms with Gasteiger partial charge in [0.2, 0.25) is 0 Å². The van der Waals surface area contributed by atoms with Crippen LogP contribution < -0.4 is 9.47 Å². The third-order valence-corrected chi connectivity index (χ3v) is 5.47. The number of nitro groups is 1. The highest BCUT2D eigenvalue weighted by Crippen LogP contribution is 2.38. The Hall–Kier alpha value is -3.62. The van der Waals surface area contributed by atoms with Crippen molar-refractivity contribution in [2.24, 2.45) is 0 Å². The normalized spacial score (nSPS) is 17.7. The lowest BCUT2D eigenvalue weighted by Crippen LogP contribution is -2.30. The van der Waals surface area contributed by atoms with E-state index in [1.165, 1.54) is 19.2 Å². The summed E-state index contributed by atoms with van der Waals surface area (Å²) in [6.07, 6.45) is 2.35.